The number of pyridine rings is 1. The number of hydrogen-bond acceptors (Lipinski definition) is 5. The van der Waals surface area contributed by atoms with E-state index in [9.17, 15) is 0 Å². The van der Waals surface area contributed by atoms with Crippen LogP contribution in [0.15, 0.2) is 29.0 Å². The smallest absolute Gasteiger partial charge is 0.226 e. The monoisotopic (exact) mass is 260 g/mol. The van der Waals surface area contributed by atoms with Crippen LogP contribution in [0.4, 0.5) is 0 Å². The van der Waals surface area contributed by atoms with Crippen molar-refractivity contribution in [3.05, 3.63) is 41.8 Å². The van der Waals surface area contributed by atoms with Crippen molar-refractivity contribution in [3.8, 4) is 0 Å². The lowest BCUT2D eigenvalue weighted by atomic mass is 10.1. The van der Waals surface area contributed by atoms with Crippen molar-refractivity contribution < 1.29 is 4.52 Å². The summed E-state index contributed by atoms with van der Waals surface area (Å²) in [4.78, 5) is 10.6. The highest BCUT2D eigenvalue weighted by molar-refractivity contribution is 5.08. The average Bonchev–Trinajstić information content (AvgIpc) is 2.76. The first-order chi connectivity index (χ1) is 9.13. The van der Waals surface area contributed by atoms with E-state index in [4.69, 9.17) is 4.52 Å². The highest BCUT2D eigenvalue weighted by Gasteiger charge is 2.10. The van der Waals surface area contributed by atoms with E-state index in [-0.39, 0.29) is 0 Å². The van der Waals surface area contributed by atoms with Crippen LogP contribution in [0.1, 0.15) is 31.1 Å². The molecule has 5 heteroatoms. The van der Waals surface area contributed by atoms with Gasteiger partial charge in [0.15, 0.2) is 5.82 Å². The summed E-state index contributed by atoms with van der Waals surface area (Å²) in [5.74, 6) is 1.99. The van der Waals surface area contributed by atoms with Crippen LogP contribution in [0.25, 0.3) is 0 Å². The summed E-state index contributed by atoms with van der Waals surface area (Å²) in [7, 11) is 2.03. The van der Waals surface area contributed by atoms with Crippen molar-refractivity contribution in [1.82, 2.24) is 20.0 Å². The van der Waals surface area contributed by atoms with Crippen molar-refractivity contribution in [1.29, 1.82) is 0 Å². The van der Waals surface area contributed by atoms with Gasteiger partial charge in [-0.05, 0) is 24.6 Å². The second-order valence-electron chi connectivity index (χ2n) is 5.24. The number of hydrogen-bond donors (Lipinski definition) is 0. The lowest BCUT2D eigenvalue weighted by Gasteiger charge is -2.13. The molecule has 0 aliphatic rings. The Kier molecular flexibility index (Phi) is 4.63. The third-order valence-electron chi connectivity index (χ3n) is 2.68. The number of aromatic nitrogens is 3. The molecule has 0 amide bonds. The Morgan fingerprint density at radius 3 is 2.84 bits per heavy atom. The fourth-order valence-corrected chi connectivity index (χ4v) is 1.89. The Labute approximate surface area is 113 Å². The second kappa shape index (κ2) is 6.43. The second-order valence-corrected chi connectivity index (χ2v) is 5.24. The highest BCUT2D eigenvalue weighted by atomic mass is 16.5. The molecule has 2 heterocycles. The van der Waals surface area contributed by atoms with Gasteiger partial charge in [0.25, 0.3) is 0 Å². The van der Waals surface area contributed by atoms with Crippen molar-refractivity contribution in [2.24, 2.45) is 5.92 Å². The number of rotatable bonds is 6. The van der Waals surface area contributed by atoms with Gasteiger partial charge >= 0.3 is 0 Å². The van der Waals surface area contributed by atoms with Gasteiger partial charge in [0.1, 0.15) is 0 Å². The van der Waals surface area contributed by atoms with Crippen molar-refractivity contribution in [3.63, 3.8) is 0 Å². The zero-order chi connectivity index (χ0) is 13.7. The predicted molar refractivity (Wildman–Crippen MR) is 72.2 cm³/mol. The van der Waals surface area contributed by atoms with Crippen LogP contribution in [0.2, 0.25) is 0 Å². The van der Waals surface area contributed by atoms with Gasteiger partial charge in [-0.15, -0.1) is 0 Å². The van der Waals surface area contributed by atoms with E-state index in [1.54, 1.807) is 6.20 Å². The Morgan fingerprint density at radius 2 is 2.16 bits per heavy atom. The molecule has 5 nitrogen and oxygen atoms in total. The molecule has 19 heavy (non-hydrogen) atoms. The molecule has 0 atom stereocenters. The van der Waals surface area contributed by atoms with Crippen molar-refractivity contribution in [2.45, 2.75) is 33.4 Å². The highest BCUT2D eigenvalue weighted by Crippen LogP contribution is 2.08. The fraction of sp³-hybridized carbons (Fsp3) is 0.500. The summed E-state index contributed by atoms with van der Waals surface area (Å²) in [6, 6.07) is 4.00. The zero-order valence-corrected chi connectivity index (χ0v) is 11.7. The molecule has 2 rings (SSSR count). The molecule has 2 aromatic rings. The van der Waals surface area contributed by atoms with E-state index in [1.807, 2.05) is 19.3 Å². The molecule has 0 aliphatic heterocycles. The van der Waals surface area contributed by atoms with Gasteiger partial charge in [0.05, 0.1) is 6.54 Å². The Hall–Kier alpha value is -1.75. The third-order valence-corrected chi connectivity index (χ3v) is 2.68. The normalized spacial score (nSPS) is 11.4. The van der Waals surface area contributed by atoms with Crippen LogP contribution < -0.4 is 0 Å². The van der Waals surface area contributed by atoms with E-state index in [1.165, 1.54) is 5.56 Å². The molecule has 2 aromatic heterocycles. The summed E-state index contributed by atoms with van der Waals surface area (Å²) in [5, 5.41) is 4.01. The van der Waals surface area contributed by atoms with Gasteiger partial charge in [-0.1, -0.05) is 25.1 Å². The first-order valence-electron chi connectivity index (χ1n) is 6.52. The first kappa shape index (κ1) is 13.7. The topological polar surface area (TPSA) is 55.1 Å². The summed E-state index contributed by atoms with van der Waals surface area (Å²) >= 11 is 0. The minimum atomic E-state index is 0.529. The molecule has 0 bridgehead atoms. The van der Waals surface area contributed by atoms with Crippen molar-refractivity contribution >= 4 is 0 Å². The van der Waals surface area contributed by atoms with E-state index in [2.05, 4.69) is 39.9 Å². The van der Waals surface area contributed by atoms with Crippen LogP contribution in [0.5, 0.6) is 0 Å². The maximum absolute atomic E-state index is 5.23. The van der Waals surface area contributed by atoms with Gasteiger partial charge in [-0.3, -0.25) is 9.88 Å². The summed E-state index contributed by atoms with van der Waals surface area (Å²) < 4.78 is 5.23. The largest absolute Gasteiger partial charge is 0.339 e. The quantitative estimate of drug-likeness (QED) is 0.797. The molecule has 0 saturated heterocycles. The summed E-state index contributed by atoms with van der Waals surface area (Å²) in [5.41, 5.74) is 1.18. The molecule has 0 fully saturated rings. The Bertz CT molecular complexity index is 495. The molecule has 0 aliphatic carbocycles. The third kappa shape index (κ3) is 4.44. The first-order valence-corrected chi connectivity index (χ1v) is 6.52. The van der Waals surface area contributed by atoms with Gasteiger partial charge < -0.3 is 4.52 Å². The summed E-state index contributed by atoms with van der Waals surface area (Å²) in [6.07, 6.45) is 4.48. The molecule has 0 aromatic carbocycles. The minimum Gasteiger partial charge on any atom is -0.339 e. The molecular formula is C14H20N4O. The molecule has 0 saturated carbocycles. The average molecular weight is 260 g/mol. The molecule has 0 N–H and O–H groups in total. The van der Waals surface area contributed by atoms with Gasteiger partial charge in [-0.2, -0.15) is 4.98 Å². The lowest BCUT2D eigenvalue weighted by Crippen LogP contribution is -2.18. The van der Waals surface area contributed by atoms with Crippen LogP contribution in [0.3, 0.4) is 0 Å². The molecule has 102 valence electrons. The van der Waals surface area contributed by atoms with Crippen LogP contribution in [-0.4, -0.2) is 27.1 Å². The van der Waals surface area contributed by atoms with E-state index >= 15 is 0 Å². The Morgan fingerprint density at radius 1 is 1.32 bits per heavy atom. The molecular weight excluding hydrogens is 240 g/mol. The van der Waals surface area contributed by atoms with Gasteiger partial charge in [0, 0.05) is 25.4 Å². The van der Waals surface area contributed by atoms with E-state index in [0.29, 0.717) is 12.5 Å². The predicted octanol–water partition coefficient (Wildman–Crippen LogP) is 2.30. The fourth-order valence-electron chi connectivity index (χ4n) is 1.89. The Balaban J connectivity index is 1.88. The zero-order valence-electron chi connectivity index (χ0n) is 11.7. The van der Waals surface area contributed by atoms with E-state index < -0.39 is 0 Å². The van der Waals surface area contributed by atoms with Crippen LogP contribution >= 0.6 is 0 Å². The molecule has 0 unspecified atom stereocenters. The minimum absolute atomic E-state index is 0.529. The standard InChI is InChI=1S/C14H20N4O/c1-11(2)7-14-16-13(17-19-14)10-18(3)9-12-5-4-6-15-8-12/h4-6,8,11H,7,9-10H2,1-3H3. The van der Waals surface area contributed by atoms with Gasteiger partial charge in [-0.25, -0.2) is 0 Å². The van der Waals surface area contributed by atoms with Crippen LogP contribution in [-0.2, 0) is 19.5 Å². The van der Waals surface area contributed by atoms with E-state index in [0.717, 1.165) is 24.7 Å². The van der Waals surface area contributed by atoms with Crippen molar-refractivity contribution in [2.75, 3.05) is 7.05 Å². The van der Waals surface area contributed by atoms with Crippen LogP contribution in [0, 0.1) is 5.92 Å². The van der Waals surface area contributed by atoms with Gasteiger partial charge in [0.2, 0.25) is 5.89 Å². The summed E-state index contributed by atoms with van der Waals surface area (Å²) in [6.45, 7) is 5.77. The maximum Gasteiger partial charge on any atom is 0.226 e. The maximum atomic E-state index is 5.23. The molecule has 0 spiro atoms. The number of nitrogens with zero attached hydrogens (tertiary/aromatic N) is 4. The molecule has 0 radical (unpaired) electrons. The lowest BCUT2D eigenvalue weighted by molar-refractivity contribution is 0.298. The SMILES string of the molecule is CC(C)Cc1nc(CN(C)Cc2cccnc2)no1.